The normalized spacial score (nSPS) is 11.2. The molecule has 1 aromatic heterocycles. The molecule has 0 spiro atoms. The van der Waals surface area contributed by atoms with E-state index in [1.165, 1.54) is 7.11 Å². The van der Waals surface area contributed by atoms with Crippen LogP contribution < -0.4 is 20.5 Å². The zero-order chi connectivity index (χ0) is 13.6. The van der Waals surface area contributed by atoms with E-state index in [4.69, 9.17) is 10.5 Å². The Hall–Kier alpha value is -1.54. The van der Waals surface area contributed by atoms with Crippen LogP contribution in [0.1, 0.15) is 6.42 Å². The Labute approximate surface area is 107 Å². The smallest absolute Gasteiger partial charge is 0.238 e. The van der Waals surface area contributed by atoms with Gasteiger partial charge in [0.05, 0.1) is 19.1 Å². The maximum absolute atomic E-state index is 10.8. The van der Waals surface area contributed by atoms with Gasteiger partial charge in [0.15, 0.2) is 0 Å². The van der Waals surface area contributed by atoms with Gasteiger partial charge in [0.25, 0.3) is 0 Å². The molecular weight excluding hydrogens is 256 g/mol. The third-order valence-corrected chi connectivity index (χ3v) is 2.84. The van der Waals surface area contributed by atoms with Gasteiger partial charge in [0, 0.05) is 13.1 Å². The van der Waals surface area contributed by atoms with Gasteiger partial charge in [-0.15, -0.1) is 0 Å². The van der Waals surface area contributed by atoms with Gasteiger partial charge in [0.2, 0.25) is 15.9 Å². The number of pyridine rings is 1. The van der Waals surface area contributed by atoms with Crippen molar-refractivity contribution in [2.45, 2.75) is 6.42 Å². The molecule has 0 fully saturated rings. The highest BCUT2D eigenvalue weighted by Gasteiger charge is 2.02. The molecule has 0 unspecified atom stereocenters. The quantitative estimate of drug-likeness (QED) is 0.605. The van der Waals surface area contributed by atoms with E-state index in [9.17, 15) is 8.42 Å². The minimum absolute atomic E-state index is 0.370. The third-order valence-electron chi connectivity index (χ3n) is 2.11. The van der Waals surface area contributed by atoms with Crippen LogP contribution in [0.5, 0.6) is 5.88 Å². The van der Waals surface area contributed by atoms with E-state index in [1.807, 2.05) is 0 Å². The SMILES string of the molecule is COc1nc(NCCCNS(C)(=O)=O)ccc1N. The Morgan fingerprint density at radius 3 is 2.72 bits per heavy atom. The number of nitrogens with one attached hydrogen (secondary N) is 2. The molecule has 18 heavy (non-hydrogen) atoms. The van der Waals surface area contributed by atoms with Crippen molar-refractivity contribution in [2.75, 3.05) is 37.5 Å². The van der Waals surface area contributed by atoms with Gasteiger partial charge < -0.3 is 15.8 Å². The summed E-state index contributed by atoms with van der Waals surface area (Å²) in [5, 5.41) is 3.05. The number of hydrogen-bond donors (Lipinski definition) is 3. The van der Waals surface area contributed by atoms with Crippen LogP contribution in [0.25, 0.3) is 0 Å². The first kappa shape index (κ1) is 14.5. The van der Waals surface area contributed by atoms with Crippen LogP contribution >= 0.6 is 0 Å². The van der Waals surface area contributed by atoms with Gasteiger partial charge in [-0.2, -0.15) is 4.98 Å². The highest BCUT2D eigenvalue weighted by Crippen LogP contribution is 2.19. The third kappa shape index (κ3) is 5.19. The topological polar surface area (TPSA) is 106 Å². The van der Waals surface area contributed by atoms with Crippen molar-refractivity contribution >= 4 is 21.5 Å². The number of nitrogens with zero attached hydrogens (tertiary/aromatic N) is 1. The summed E-state index contributed by atoms with van der Waals surface area (Å²) in [4.78, 5) is 4.14. The van der Waals surface area contributed by atoms with E-state index in [2.05, 4.69) is 15.0 Å². The van der Waals surface area contributed by atoms with Crippen LogP contribution in [0.4, 0.5) is 11.5 Å². The van der Waals surface area contributed by atoms with E-state index in [0.717, 1.165) is 6.26 Å². The molecule has 0 saturated carbocycles. The van der Waals surface area contributed by atoms with Gasteiger partial charge in [-0.3, -0.25) is 0 Å². The van der Waals surface area contributed by atoms with Crippen LogP contribution in [0.3, 0.4) is 0 Å². The monoisotopic (exact) mass is 274 g/mol. The number of anilines is 2. The molecule has 0 saturated heterocycles. The van der Waals surface area contributed by atoms with E-state index in [0.29, 0.717) is 36.9 Å². The molecule has 0 radical (unpaired) electrons. The van der Waals surface area contributed by atoms with Gasteiger partial charge >= 0.3 is 0 Å². The van der Waals surface area contributed by atoms with Gasteiger partial charge in [-0.05, 0) is 18.6 Å². The van der Waals surface area contributed by atoms with Crippen LogP contribution in [0.2, 0.25) is 0 Å². The maximum atomic E-state index is 10.8. The lowest BCUT2D eigenvalue weighted by Gasteiger charge is -2.08. The minimum Gasteiger partial charge on any atom is -0.479 e. The number of nitrogens with two attached hydrogens (primary N) is 1. The average molecular weight is 274 g/mol. The van der Waals surface area contributed by atoms with E-state index in [1.54, 1.807) is 12.1 Å². The van der Waals surface area contributed by atoms with Crippen molar-refractivity contribution in [3.8, 4) is 5.88 Å². The summed E-state index contributed by atoms with van der Waals surface area (Å²) in [5.41, 5.74) is 6.11. The molecule has 0 atom stereocenters. The predicted octanol–water partition coefficient (Wildman–Crippen LogP) is 0.0236. The second kappa shape index (κ2) is 6.41. The van der Waals surface area contributed by atoms with Crippen molar-refractivity contribution < 1.29 is 13.2 Å². The fourth-order valence-corrected chi connectivity index (χ4v) is 1.79. The molecule has 1 rings (SSSR count). The number of hydrogen-bond acceptors (Lipinski definition) is 6. The molecule has 0 aliphatic carbocycles. The number of sulfonamides is 1. The Balaban J connectivity index is 2.36. The largest absolute Gasteiger partial charge is 0.479 e. The molecule has 8 heteroatoms. The highest BCUT2D eigenvalue weighted by atomic mass is 32.2. The number of nitrogen functional groups attached to an aromatic ring is 1. The zero-order valence-electron chi connectivity index (χ0n) is 10.4. The first-order valence-electron chi connectivity index (χ1n) is 5.41. The lowest BCUT2D eigenvalue weighted by molar-refractivity contribution is 0.401. The standard InChI is InChI=1S/C10H18N4O3S/c1-17-10-8(11)4-5-9(14-10)12-6-3-7-13-18(2,15)16/h4-5,13H,3,6-7,11H2,1-2H3,(H,12,14). The Morgan fingerprint density at radius 2 is 2.11 bits per heavy atom. The summed E-state index contributed by atoms with van der Waals surface area (Å²) in [7, 11) is -1.62. The van der Waals surface area contributed by atoms with E-state index < -0.39 is 10.0 Å². The number of methoxy groups -OCH3 is 1. The summed E-state index contributed by atoms with van der Waals surface area (Å²) in [6.07, 6.45) is 1.79. The fraction of sp³-hybridized carbons (Fsp3) is 0.500. The second-order valence-corrected chi connectivity index (χ2v) is 5.57. The summed E-state index contributed by atoms with van der Waals surface area (Å²) in [5.74, 6) is 1.01. The fourth-order valence-electron chi connectivity index (χ4n) is 1.28. The van der Waals surface area contributed by atoms with Crippen molar-refractivity contribution in [2.24, 2.45) is 0 Å². The van der Waals surface area contributed by atoms with E-state index in [-0.39, 0.29) is 0 Å². The molecule has 0 aliphatic rings. The van der Waals surface area contributed by atoms with E-state index >= 15 is 0 Å². The molecule has 102 valence electrons. The molecule has 4 N–H and O–H groups in total. The maximum Gasteiger partial charge on any atom is 0.238 e. The molecule has 1 heterocycles. The zero-order valence-corrected chi connectivity index (χ0v) is 11.3. The summed E-state index contributed by atoms with van der Waals surface area (Å²) < 4.78 is 29.0. The minimum atomic E-state index is -3.12. The number of aromatic nitrogens is 1. The highest BCUT2D eigenvalue weighted by molar-refractivity contribution is 7.88. The van der Waals surface area contributed by atoms with Crippen LogP contribution in [-0.4, -0.2) is 39.9 Å². The lowest BCUT2D eigenvalue weighted by atomic mass is 10.4. The van der Waals surface area contributed by atoms with Crippen molar-refractivity contribution in [3.63, 3.8) is 0 Å². The summed E-state index contributed by atoms with van der Waals surface area (Å²) in [6.45, 7) is 0.987. The Bertz CT molecular complexity index is 490. The van der Waals surface area contributed by atoms with Crippen molar-refractivity contribution in [3.05, 3.63) is 12.1 Å². The predicted molar refractivity (Wildman–Crippen MR) is 71.2 cm³/mol. The van der Waals surface area contributed by atoms with Crippen LogP contribution in [0, 0.1) is 0 Å². The van der Waals surface area contributed by atoms with Crippen LogP contribution in [0.15, 0.2) is 12.1 Å². The number of rotatable bonds is 7. The first-order chi connectivity index (χ1) is 8.42. The average Bonchev–Trinajstić information content (AvgIpc) is 2.29. The molecule has 0 aliphatic heterocycles. The summed E-state index contributed by atoms with van der Waals surface area (Å²) >= 11 is 0. The number of ether oxygens (including phenoxy) is 1. The lowest BCUT2D eigenvalue weighted by Crippen LogP contribution is -2.24. The molecule has 1 aromatic rings. The van der Waals surface area contributed by atoms with Gasteiger partial charge in [0.1, 0.15) is 5.82 Å². The first-order valence-corrected chi connectivity index (χ1v) is 7.30. The van der Waals surface area contributed by atoms with Crippen LogP contribution in [-0.2, 0) is 10.0 Å². The second-order valence-electron chi connectivity index (χ2n) is 3.74. The van der Waals surface area contributed by atoms with Gasteiger partial charge in [-0.1, -0.05) is 0 Å². The molecule has 0 amide bonds. The Morgan fingerprint density at radius 1 is 1.39 bits per heavy atom. The molecule has 7 nitrogen and oxygen atoms in total. The molecule has 0 aromatic carbocycles. The molecule has 0 bridgehead atoms. The van der Waals surface area contributed by atoms with Gasteiger partial charge in [-0.25, -0.2) is 13.1 Å². The summed E-state index contributed by atoms with van der Waals surface area (Å²) in [6, 6.07) is 3.44. The molecular formula is C10H18N4O3S. The van der Waals surface area contributed by atoms with Crippen molar-refractivity contribution in [1.29, 1.82) is 0 Å². The Kier molecular flexibility index (Phi) is 5.17. The van der Waals surface area contributed by atoms with Crippen molar-refractivity contribution in [1.82, 2.24) is 9.71 Å².